The molecule has 0 spiro atoms. The zero-order chi connectivity index (χ0) is 25.9. The first kappa shape index (κ1) is 26.9. The van der Waals surface area contributed by atoms with E-state index in [-0.39, 0.29) is 11.8 Å². The molecule has 0 aliphatic rings. The number of carbonyl (C=O) groups is 2. The van der Waals surface area contributed by atoms with Crippen LogP contribution in [0.3, 0.4) is 0 Å². The highest BCUT2D eigenvalue weighted by atomic mass is 16.5. The van der Waals surface area contributed by atoms with Crippen molar-refractivity contribution in [3.8, 4) is 0 Å². The van der Waals surface area contributed by atoms with Crippen LogP contribution in [0, 0.1) is 5.92 Å². The first-order valence-corrected chi connectivity index (χ1v) is 12.5. The summed E-state index contributed by atoms with van der Waals surface area (Å²) in [6, 6.07) is 12.9. The molecule has 0 aliphatic heterocycles. The van der Waals surface area contributed by atoms with Crippen LogP contribution in [0.2, 0.25) is 0 Å². The van der Waals surface area contributed by atoms with E-state index in [4.69, 9.17) is 4.74 Å². The van der Waals surface area contributed by atoms with E-state index in [1.807, 2.05) is 44.2 Å². The fourth-order valence-corrected chi connectivity index (χ4v) is 3.71. The van der Waals surface area contributed by atoms with Gasteiger partial charge in [-0.25, -0.2) is 14.8 Å². The predicted octanol–water partition coefficient (Wildman–Crippen LogP) is 5.64. The molecular formula is C27H36N6O3. The van der Waals surface area contributed by atoms with E-state index in [1.165, 1.54) is 6.33 Å². The molecule has 0 atom stereocenters. The Bertz CT molecular complexity index is 1140. The summed E-state index contributed by atoms with van der Waals surface area (Å²) in [7, 11) is 0. The van der Waals surface area contributed by atoms with Crippen molar-refractivity contribution in [3.05, 3.63) is 48.8 Å². The van der Waals surface area contributed by atoms with Crippen molar-refractivity contribution >= 4 is 45.8 Å². The number of fused-ring (bicyclic) bond motifs is 1. The lowest BCUT2D eigenvalue weighted by atomic mass is 10.2. The lowest BCUT2D eigenvalue weighted by Gasteiger charge is -2.20. The van der Waals surface area contributed by atoms with E-state index in [0.29, 0.717) is 24.7 Å². The Kier molecular flexibility index (Phi) is 10.00. The maximum atomic E-state index is 12.5. The maximum absolute atomic E-state index is 12.5. The summed E-state index contributed by atoms with van der Waals surface area (Å²) in [5, 5.41) is 9.76. The normalized spacial score (nSPS) is 11.1. The quantitative estimate of drug-likeness (QED) is 0.300. The lowest BCUT2D eigenvalue weighted by Crippen LogP contribution is -2.34. The van der Waals surface area contributed by atoms with E-state index in [9.17, 15) is 9.59 Å². The average Bonchev–Trinajstić information content (AvgIpc) is 2.84. The Balaban J connectivity index is 1.66. The summed E-state index contributed by atoms with van der Waals surface area (Å²) >= 11 is 0. The van der Waals surface area contributed by atoms with Crippen LogP contribution in [-0.2, 0) is 9.53 Å². The molecule has 9 nitrogen and oxygen atoms in total. The number of anilines is 4. The smallest absolute Gasteiger partial charge is 0.411 e. The summed E-state index contributed by atoms with van der Waals surface area (Å²) < 4.78 is 5.20. The number of aromatic nitrogens is 2. The molecule has 1 heterocycles. The van der Waals surface area contributed by atoms with Crippen molar-refractivity contribution in [2.75, 3.05) is 42.2 Å². The zero-order valence-electron chi connectivity index (χ0n) is 21.5. The second-order valence-electron chi connectivity index (χ2n) is 9.10. The third-order valence-electron chi connectivity index (χ3n) is 5.31. The van der Waals surface area contributed by atoms with Crippen LogP contribution in [0.25, 0.3) is 10.9 Å². The van der Waals surface area contributed by atoms with Gasteiger partial charge in [0.05, 0.1) is 18.7 Å². The van der Waals surface area contributed by atoms with E-state index in [0.717, 1.165) is 48.2 Å². The van der Waals surface area contributed by atoms with E-state index < -0.39 is 6.09 Å². The maximum Gasteiger partial charge on any atom is 0.411 e. The van der Waals surface area contributed by atoms with Gasteiger partial charge in [-0.15, -0.1) is 0 Å². The molecule has 0 radical (unpaired) electrons. The molecule has 0 saturated carbocycles. The Hall–Kier alpha value is -3.72. The second-order valence-corrected chi connectivity index (χ2v) is 9.10. The third-order valence-corrected chi connectivity index (χ3v) is 5.31. The van der Waals surface area contributed by atoms with Crippen molar-refractivity contribution in [2.45, 2.75) is 40.5 Å². The molecule has 0 bridgehead atoms. The number of ether oxygens (including phenoxy) is 1. The van der Waals surface area contributed by atoms with Gasteiger partial charge in [0.1, 0.15) is 12.1 Å². The number of hydrogen-bond donors (Lipinski definition) is 3. The van der Waals surface area contributed by atoms with Crippen molar-refractivity contribution < 1.29 is 14.3 Å². The van der Waals surface area contributed by atoms with Crippen LogP contribution in [0.4, 0.5) is 27.7 Å². The van der Waals surface area contributed by atoms with Gasteiger partial charge in [0.25, 0.3) is 0 Å². The topological polar surface area (TPSA) is 108 Å². The average molecular weight is 493 g/mol. The van der Waals surface area contributed by atoms with Gasteiger partial charge in [0, 0.05) is 22.4 Å². The molecule has 0 unspecified atom stereocenters. The lowest BCUT2D eigenvalue weighted by molar-refractivity contribution is -0.117. The molecule has 9 heteroatoms. The summed E-state index contributed by atoms with van der Waals surface area (Å²) in [6.45, 7) is 10.7. The number of hydrogen-bond acceptors (Lipinski definition) is 7. The van der Waals surface area contributed by atoms with Gasteiger partial charge < -0.3 is 15.4 Å². The molecule has 0 saturated heterocycles. The predicted molar refractivity (Wildman–Crippen MR) is 145 cm³/mol. The minimum Gasteiger partial charge on any atom is -0.449 e. The highest BCUT2D eigenvalue weighted by Gasteiger charge is 2.11. The number of nitrogens with zero attached hydrogens (tertiary/aromatic N) is 3. The van der Waals surface area contributed by atoms with E-state index in [1.54, 1.807) is 12.1 Å². The second kappa shape index (κ2) is 13.4. The fraction of sp³-hybridized carbons (Fsp3) is 0.407. The number of rotatable bonds is 12. The Morgan fingerprint density at radius 3 is 2.25 bits per heavy atom. The molecule has 2 amide bonds. The zero-order valence-corrected chi connectivity index (χ0v) is 21.5. The van der Waals surface area contributed by atoms with Crippen LogP contribution in [0.5, 0.6) is 0 Å². The first-order chi connectivity index (χ1) is 17.4. The summed E-state index contributed by atoms with van der Waals surface area (Å²) in [4.78, 5) is 35.4. The Labute approximate surface area is 212 Å². The molecule has 2 aromatic carbocycles. The van der Waals surface area contributed by atoms with E-state index >= 15 is 0 Å². The molecular weight excluding hydrogens is 456 g/mol. The van der Waals surface area contributed by atoms with Gasteiger partial charge in [0.15, 0.2) is 0 Å². The minimum atomic E-state index is -0.500. The van der Waals surface area contributed by atoms with Crippen molar-refractivity contribution in [1.29, 1.82) is 0 Å². The van der Waals surface area contributed by atoms with Crippen LogP contribution in [-0.4, -0.2) is 53.1 Å². The highest BCUT2D eigenvalue weighted by Crippen LogP contribution is 2.26. The van der Waals surface area contributed by atoms with Crippen LogP contribution < -0.4 is 16.0 Å². The van der Waals surface area contributed by atoms with Crippen LogP contribution in [0.15, 0.2) is 48.8 Å². The molecule has 192 valence electrons. The monoisotopic (exact) mass is 492 g/mol. The standard InChI is InChI=1S/C27H36N6O3/c1-5-13-33(14-6-2)16-25(34)30-20-7-9-21(10-8-20)31-26-23-15-22(11-12-24(23)28-18-29-26)32-27(35)36-17-19(3)4/h7-12,15,18-19H,5-6,13-14,16-17H2,1-4H3,(H,30,34)(H,32,35)(H,28,29,31). The molecule has 1 aromatic heterocycles. The number of benzene rings is 2. The van der Waals surface area contributed by atoms with Crippen LogP contribution in [0.1, 0.15) is 40.5 Å². The van der Waals surface area contributed by atoms with Crippen molar-refractivity contribution in [3.63, 3.8) is 0 Å². The minimum absolute atomic E-state index is 0.0219. The molecule has 3 aromatic rings. The summed E-state index contributed by atoms with van der Waals surface area (Å²) in [6.07, 6.45) is 3.03. The number of carbonyl (C=O) groups excluding carboxylic acids is 2. The van der Waals surface area contributed by atoms with Gasteiger partial charge in [-0.05, 0) is 74.3 Å². The summed E-state index contributed by atoms with van der Waals surface area (Å²) in [5.41, 5.74) is 2.87. The molecule has 3 N–H and O–H groups in total. The van der Waals surface area contributed by atoms with Crippen molar-refractivity contribution in [2.24, 2.45) is 5.92 Å². The Morgan fingerprint density at radius 1 is 0.917 bits per heavy atom. The molecule has 36 heavy (non-hydrogen) atoms. The van der Waals surface area contributed by atoms with Gasteiger partial charge in [-0.3, -0.25) is 15.0 Å². The SMILES string of the molecule is CCCN(CCC)CC(=O)Nc1ccc(Nc2ncnc3ccc(NC(=O)OCC(C)C)cc23)cc1. The Morgan fingerprint density at radius 2 is 1.58 bits per heavy atom. The molecule has 0 aliphatic carbocycles. The number of nitrogens with one attached hydrogen (secondary N) is 3. The third kappa shape index (κ3) is 8.20. The highest BCUT2D eigenvalue weighted by molar-refractivity contribution is 5.96. The molecule has 3 rings (SSSR count). The van der Waals surface area contributed by atoms with Gasteiger partial charge in [0.2, 0.25) is 5.91 Å². The van der Waals surface area contributed by atoms with Gasteiger partial charge >= 0.3 is 6.09 Å². The summed E-state index contributed by atoms with van der Waals surface area (Å²) in [5.74, 6) is 0.838. The number of amides is 2. The largest absolute Gasteiger partial charge is 0.449 e. The van der Waals surface area contributed by atoms with Gasteiger partial charge in [-0.1, -0.05) is 27.7 Å². The van der Waals surface area contributed by atoms with E-state index in [2.05, 4.69) is 44.7 Å². The first-order valence-electron chi connectivity index (χ1n) is 12.5. The van der Waals surface area contributed by atoms with Gasteiger partial charge in [-0.2, -0.15) is 0 Å². The van der Waals surface area contributed by atoms with Crippen LogP contribution >= 0.6 is 0 Å². The van der Waals surface area contributed by atoms with Crippen molar-refractivity contribution in [1.82, 2.24) is 14.9 Å². The molecule has 0 fully saturated rings. The fourth-order valence-electron chi connectivity index (χ4n) is 3.71.